The van der Waals surface area contributed by atoms with Gasteiger partial charge in [0.25, 0.3) is 5.91 Å². The number of fused-ring (bicyclic) bond motifs is 1. The molecule has 0 spiro atoms. The third kappa shape index (κ3) is 5.84. The van der Waals surface area contributed by atoms with E-state index in [2.05, 4.69) is 52.4 Å². The first-order valence-electron chi connectivity index (χ1n) is 11.8. The number of halogens is 1. The molecule has 0 radical (unpaired) electrons. The number of aryl methyl sites for hydroxylation is 3. The van der Waals surface area contributed by atoms with Crippen LogP contribution in [0.5, 0.6) is 11.5 Å². The summed E-state index contributed by atoms with van der Waals surface area (Å²) in [4.78, 5) is 12.8. The fourth-order valence-corrected chi connectivity index (χ4v) is 4.78. The van der Waals surface area contributed by atoms with Crippen molar-refractivity contribution in [2.45, 2.75) is 27.4 Å². The molecule has 0 aliphatic carbocycles. The summed E-state index contributed by atoms with van der Waals surface area (Å²) in [6.45, 7) is 6.33. The number of nitrogens with zero attached hydrogens (tertiary/aromatic N) is 1. The second-order valence-electron chi connectivity index (χ2n) is 8.85. The summed E-state index contributed by atoms with van der Waals surface area (Å²) in [5.41, 5.74) is 5.55. The van der Waals surface area contributed by atoms with E-state index in [-0.39, 0.29) is 5.57 Å². The first-order chi connectivity index (χ1) is 17.8. The quantitative estimate of drug-likeness (QED) is 0.188. The number of anilines is 1. The second kappa shape index (κ2) is 11.3. The minimum absolute atomic E-state index is 0.0195. The van der Waals surface area contributed by atoms with Gasteiger partial charge in [0.15, 0.2) is 11.5 Å². The van der Waals surface area contributed by atoms with E-state index in [1.54, 1.807) is 19.2 Å². The molecule has 4 rings (SSSR count). The van der Waals surface area contributed by atoms with Gasteiger partial charge < -0.3 is 14.8 Å². The van der Waals surface area contributed by atoms with Crippen LogP contribution < -0.4 is 14.8 Å². The van der Waals surface area contributed by atoms with E-state index in [0.29, 0.717) is 33.8 Å². The molecule has 0 bridgehead atoms. The van der Waals surface area contributed by atoms with Crippen molar-refractivity contribution in [1.82, 2.24) is 0 Å². The van der Waals surface area contributed by atoms with Crippen molar-refractivity contribution in [1.29, 1.82) is 5.26 Å². The van der Waals surface area contributed by atoms with Gasteiger partial charge in [-0.25, -0.2) is 0 Å². The lowest BCUT2D eigenvalue weighted by Crippen LogP contribution is -2.14. The Bertz CT molecular complexity index is 1570. The molecule has 5 nitrogen and oxygen atoms in total. The van der Waals surface area contributed by atoms with Crippen LogP contribution in [0.3, 0.4) is 0 Å². The lowest BCUT2D eigenvalue weighted by atomic mass is 10.0. The molecule has 0 aromatic heterocycles. The van der Waals surface area contributed by atoms with E-state index in [9.17, 15) is 10.1 Å². The van der Waals surface area contributed by atoms with Crippen LogP contribution >= 0.6 is 15.9 Å². The van der Waals surface area contributed by atoms with Crippen molar-refractivity contribution in [3.8, 4) is 17.6 Å². The number of benzene rings is 4. The number of nitriles is 1. The molecule has 0 unspecified atom stereocenters. The zero-order valence-electron chi connectivity index (χ0n) is 21.2. The third-order valence-corrected chi connectivity index (χ3v) is 6.78. The molecule has 0 aliphatic rings. The van der Waals surface area contributed by atoms with Crippen molar-refractivity contribution >= 4 is 44.4 Å². The smallest absolute Gasteiger partial charge is 0.266 e. The minimum atomic E-state index is -0.476. The predicted molar refractivity (Wildman–Crippen MR) is 152 cm³/mol. The molecule has 6 heteroatoms. The first kappa shape index (κ1) is 26.0. The average molecular weight is 555 g/mol. The maximum Gasteiger partial charge on any atom is 0.266 e. The molecular formula is C31H27BrN2O3. The summed E-state index contributed by atoms with van der Waals surface area (Å²) in [7, 11) is 1.56. The standard InChI is InChI=1S/C31H27BrN2O3/c1-19-9-12-28(21(3)13-19)34-31(35)24(17-33)14-22-15-27(32)30(29(16-22)36-4)37-18-26-20(2)10-11-23-7-5-6-8-25(23)26/h5-16H,18H2,1-4H3,(H,34,35)/b24-14+. The molecule has 0 fully saturated rings. The third-order valence-electron chi connectivity index (χ3n) is 6.19. The molecule has 0 aliphatic heterocycles. The number of carbonyl (C=O) groups excluding carboxylic acids is 1. The number of methoxy groups -OCH3 is 1. The Morgan fingerprint density at radius 2 is 1.81 bits per heavy atom. The zero-order valence-corrected chi connectivity index (χ0v) is 22.8. The molecule has 0 saturated carbocycles. The van der Waals surface area contributed by atoms with Gasteiger partial charge in [-0.1, -0.05) is 54.1 Å². The van der Waals surface area contributed by atoms with Gasteiger partial charge in [0, 0.05) is 11.3 Å². The van der Waals surface area contributed by atoms with Gasteiger partial charge in [0.05, 0.1) is 11.6 Å². The molecule has 4 aromatic carbocycles. The summed E-state index contributed by atoms with van der Waals surface area (Å²) in [5.74, 6) is 0.562. The van der Waals surface area contributed by atoms with Gasteiger partial charge in [0.2, 0.25) is 0 Å². The van der Waals surface area contributed by atoms with Crippen LogP contribution in [0.15, 0.2) is 76.8 Å². The molecule has 186 valence electrons. The number of hydrogen-bond acceptors (Lipinski definition) is 4. The maximum absolute atomic E-state index is 12.8. The molecule has 1 N–H and O–H groups in total. The van der Waals surface area contributed by atoms with Gasteiger partial charge in [0.1, 0.15) is 18.2 Å². The number of amides is 1. The van der Waals surface area contributed by atoms with Crippen molar-refractivity contribution in [3.63, 3.8) is 0 Å². The number of hydrogen-bond donors (Lipinski definition) is 1. The maximum atomic E-state index is 12.8. The normalized spacial score (nSPS) is 11.2. The van der Waals surface area contributed by atoms with Crippen LogP contribution in [0.1, 0.15) is 27.8 Å². The molecule has 0 saturated heterocycles. The van der Waals surface area contributed by atoms with Crippen LogP contribution in [-0.2, 0) is 11.4 Å². The topological polar surface area (TPSA) is 71.3 Å². The van der Waals surface area contributed by atoms with Gasteiger partial charge in [-0.15, -0.1) is 0 Å². The summed E-state index contributed by atoms with van der Waals surface area (Å²) in [6.07, 6.45) is 1.53. The highest BCUT2D eigenvalue weighted by atomic mass is 79.9. The van der Waals surface area contributed by atoms with E-state index in [1.807, 2.05) is 50.2 Å². The summed E-state index contributed by atoms with van der Waals surface area (Å²) >= 11 is 3.58. The Morgan fingerprint density at radius 1 is 1.03 bits per heavy atom. The Hall–Kier alpha value is -4.08. The Kier molecular flexibility index (Phi) is 7.95. The van der Waals surface area contributed by atoms with E-state index in [4.69, 9.17) is 9.47 Å². The van der Waals surface area contributed by atoms with Crippen LogP contribution in [0.4, 0.5) is 5.69 Å². The van der Waals surface area contributed by atoms with Crippen molar-refractivity contribution in [2.75, 3.05) is 12.4 Å². The molecule has 37 heavy (non-hydrogen) atoms. The number of rotatable bonds is 7. The van der Waals surface area contributed by atoms with Gasteiger partial charge in [-0.05, 0) is 88.4 Å². The summed E-state index contributed by atoms with van der Waals surface area (Å²) < 4.78 is 12.5. The largest absolute Gasteiger partial charge is 0.493 e. The van der Waals surface area contributed by atoms with Crippen molar-refractivity contribution in [3.05, 3.63) is 105 Å². The SMILES string of the molecule is COc1cc(/C=C(\C#N)C(=O)Nc2ccc(C)cc2C)cc(Br)c1OCc1c(C)ccc2ccccc12. The monoisotopic (exact) mass is 554 g/mol. The van der Waals surface area contributed by atoms with Crippen molar-refractivity contribution < 1.29 is 14.3 Å². The summed E-state index contributed by atoms with van der Waals surface area (Å²) in [5, 5.41) is 14.8. The van der Waals surface area contributed by atoms with E-state index >= 15 is 0 Å². The average Bonchev–Trinajstić information content (AvgIpc) is 2.88. The lowest BCUT2D eigenvalue weighted by molar-refractivity contribution is -0.112. The van der Waals surface area contributed by atoms with Crippen LogP contribution in [0, 0.1) is 32.1 Å². The number of ether oxygens (including phenoxy) is 2. The highest BCUT2D eigenvalue weighted by molar-refractivity contribution is 9.10. The van der Waals surface area contributed by atoms with Crippen LogP contribution in [0.25, 0.3) is 16.8 Å². The van der Waals surface area contributed by atoms with Crippen LogP contribution in [0.2, 0.25) is 0 Å². The molecule has 4 aromatic rings. The first-order valence-corrected chi connectivity index (χ1v) is 12.6. The van der Waals surface area contributed by atoms with Gasteiger partial charge in [-0.2, -0.15) is 5.26 Å². The van der Waals surface area contributed by atoms with Gasteiger partial charge >= 0.3 is 0 Å². The predicted octanol–water partition coefficient (Wildman–Crippen LogP) is 7.66. The number of carbonyl (C=O) groups is 1. The Balaban J connectivity index is 1.59. The lowest BCUT2D eigenvalue weighted by Gasteiger charge is -2.16. The molecule has 0 atom stereocenters. The number of nitrogens with one attached hydrogen (secondary N) is 1. The Morgan fingerprint density at radius 3 is 2.54 bits per heavy atom. The molecular weight excluding hydrogens is 528 g/mol. The molecule has 0 heterocycles. The fraction of sp³-hybridized carbons (Fsp3) is 0.161. The minimum Gasteiger partial charge on any atom is -0.493 e. The highest BCUT2D eigenvalue weighted by Gasteiger charge is 2.16. The fourth-order valence-electron chi connectivity index (χ4n) is 4.20. The van der Waals surface area contributed by atoms with Crippen LogP contribution in [-0.4, -0.2) is 13.0 Å². The van der Waals surface area contributed by atoms with E-state index < -0.39 is 5.91 Å². The van der Waals surface area contributed by atoms with Crippen molar-refractivity contribution in [2.24, 2.45) is 0 Å². The second-order valence-corrected chi connectivity index (χ2v) is 9.70. The Labute approximate surface area is 225 Å². The van der Waals surface area contributed by atoms with Gasteiger partial charge in [-0.3, -0.25) is 4.79 Å². The van der Waals surface area contributed by atoms with E-state index in [0.717, 1.165) is 33.0 Å². The molecule has 1 amide bonds. The van der Waals surface area contributed by atoms with E-state index in [1.165, 1.54) is 6.08 Å². The summed E-state index contributed by atoms with van der Waals surface area (Å²) in [6, 6.07) is 23.7. The highest BCUT2D eigenvalue weighted by Crippen LogP contribution is 2.38. The zero-order chi connectivity index (χ0) is 26.5.